The van der Waals surface area contributed by atoms with Crippen molar-refractivity contribution in [3.8, 4) is 11.3 Å². The molecular weight excluding hydrogens is 388 g/mol. The Morgan fingerprint density at radius 3 is 2.79 bits per heavy atom. The third-order valence-corrected chi connectivity index (χ3v) is 5.24. The lowest BCUT2D eigenvalue weighted by molar-refractivity contribution is 0.0942. The highest BCUT2D eigenvalue weighted by Gasteiger charge is 2.18. The molecule has 0 saturated carbocycles. The zero-order valence-electron chi connectivity index (χ0n) is 13.1. The van der Waals surface area contributed by atoms with Gasteiger partial charge in [0.1, 0.15) is 0 Å². The highest BCUT2D eigenvalue weighted by atomic mass is 79.9. The molecule has 3 N–H and O–H groups in total. The van der Waals surface area contributed by atoms with Gasteiger partial charge in [0.2, 0.25) is 0 Å². The van der Waals surface area contributed by atoms with E-state index in [1.165, 1.54) is 11.3 Å². The van der Waals surface area contributed by atoms with E-state index in [1.54, 1.807) is 10.9 Å². The second-order valence-corrected chi connectivity index (χ2v) is 7.10. The number of aromatic nitrogens is 2. The standard InChI is InChI=1S/C17H17BrN4OS/c1-22-16(13(18)9-20-22)12-7-15(24-10-12)17(23)21-14(8-19)11-5-3-2-4-6-11/h2-7,9-10,14H,8,19H2,1H3,(H,21,23). The van der Waals surface area contributed by atoms with E-state index in [-0.39, 0.29) is 11.9 Å². The first-order valence-corrected chi connectivity index (χ1v) is 9.09. The monoisotopic (exact) mass is 404 g/mol. The molecule has 0 aliphatic rings. The lowest BCUT2D eigenvalue weighted by Crippen LogP contribution is -2.32. The van der Waals surface area contributed by atoms with E-state index in [2.05, 4.69) is 26.3 Å². The normalized spacial score (nSPS) is 12.1. The van der Waals surface area contributed by atoms with Gasteiger partial charge in [-0.3, -0.25) is 9.48 Å². The first-order valence-electron chi connectivity index (χ1n) is 7.42. The summed E-state index contributed by atoms with van der Waals surface area (Å²) >= 11 is 4.89. The number of carbonyl (C=O) groups is 1. The van der Waals surface area contributed by atoms with Crippen molar-refractivity contribution >= 4 is 33.2 Å². The number of hydrogen-bond donors (Lipinski definition) is 2. The fraction of sp³-hybridized carbons (Fsp3) is 0.176. The Kier molecular flexibility index (Phi) is 5.13. The number of nitrogens with one attached hydrogen (secondary N) is 1. The zero-order chi connectivity index (χ0) is 17.1. The van der Waals surface area contributed by atoms with Gasteiger partial charge in [0.25, 0.3) is 5.91 Å². The van der Waals surface area contributed by atoms with Crippen LogP contribution in [0.1, 0.15) is 21.3 Å². The maximum atomic E-state index is 12.5. The summed E-state index contributed by atoms with van der Waals surface area (Å²) in [5.41, 5.74) is 8.73. The molecule has 2 aromatic heterocycles. The number of thiophene rings is 1. The first-order chi connectivity index (χ1) is 11.6. The minimum Gasteiger partial charge on any atom is -0.343 e. The molecule has 7 heteroatoms. The minimum atomic E-state index is -0.201. The summed E-state index contributed by atoms with van der Waals surface area (Å²) in [6, 6.07) is 11.4. The van der Waals surface area contributed by atoms with Gasteiger partial charge in [0.05, 0.1) is 27.3 Å². The molecule has 0 fully saturated rings. The number of rotatable bonds is 5. The van der Waals surface area contributed by atoms with Crippen molar-refractivity contribution < 1.29 is 4.79 Å². The van der Waals surface area contributed by atoms with Crippen LogP contribution < -0.4 is 11.1 Å². The molecule has 2 heterocycles. The Morgan fingerprint density at radius 2 is 2.17 bits per heavy atom. The van der Waals surface area contributed by atoms with Crippen LogP contribution in [0.5, 0.6) is 0 Å². The fourth-order valence-corrected chi connectivity index (χ4v) is 3.88. The Bertz CT molecular complexity index is 824. The summed E-state index contributed by atoms with van der Waals surface area (Å²) in [5, 5.41) is 9.16. The molecule has 3 rings (SSSR count). The van der Waals surface area contributed by atoms with Gasteiger partial charge in [-0.2, -0.15) is 5.10 Å². The molecule has 0 spiro atoms. The predicted octanol–water partition coefficient (Wildman–Crippen LogP) is 3.34. The number of aryl methyl sites for hydroxylation is 1. The van der Waals surface area contributed by atoms with Crippen LogP contribution in [0, 0.1) is 0 Å². The van der Waals surface area contributed by atoms with E-state index < -0.39 is 0 Å². The highest BCUT2D eigenvalue weighted by Crippen LogP contribution is 2.31. The number of halogens is 1. The summed E-state index contributed by atoms with van der Waals surface area (Å²) in [7, 11) is 1.87. The molecule has 1 atom stereocenters. The van der Waals surface area contributed by atoms with Crippen molar-refractivity contribution in [2.75, 3.05) is 6.54 Å². The lowest BCUT2D eigenvalue weighted by Gasteiger charge is -2.16. The van der Waals surface area contributed by atoms with Crippen LogP contribution in [-0.2, 0) is 7.05 Å². The van der Waals surface area contributed by atoms with Crippen molar-refractivity contribution in [2.24, 2.45) is 12.8 Å². The Hall–Kier alpha value is -1.96. The van der Waals surface area contributed by atoms with E-state index in [0.29, 0.717) is 11.4 Å². The molecule has 3 aromatic rings. The smallest absolute Gasteiger partial charge is 0.261 e. The largest absolute Gasteiger partial charge is 0.343 e. The molecule has 0 aliphatic heterocycles. The molecule has 0 bridgehead atoms. The van der Waals surface area contributed by atoms with Crippen LogP contribution in [-0.4, -0.2) is 22.2 Å². The van der Waals surface area contributed by atoms with Gasteiger partial charge in [-0.1, -0.05) is 30.3 Å². The van der Waals surface area contributed by atoms with Crippen LogP contribution in [0.2, 0.25) is 0 Å². The van der Waals surface area contributed by atoms with E-state index in [0.717, 1.165) is 21.3 Å². The first kappa shape index (κ1) is 16.9. The van der Waals surface area contributed by atoms with Crippen molar-refractivity contribution in [2.45, 2.75) is 6.04 Å². The average Bonchev–Trinajstić information content (AvgIpc) is 3.20. The Labute approximate surface area is 152 Å². The summed E-state index contributed by atoms with van der Waals surface area (Å²) in [5.74, 6) is -0.121. The molecule has 124 valence electrons. The van der Waals surface area contributed by atoms with Gasteiger partial charge in [-0.25, -0.2) is 0 Å². The molecule has 0 aliphatic carbocycles. The van der Waals surface area contributed by atoms with Gasteiger partial charge in [-0.05, 0) is 27.6 Å². The Balaban J connectivity index is 1.79. The SMILES string of the molecule is Cn1ncc(Br)c1-c1csc(C(=O)NC(CN)c2ccccc2)c1. The van der Waals surface area contributed by atoms with Crippen molar-refractivity contribution in [3.05, 3.63) is 62.9 Å². The number of hydrogen-bond acceptors (Lipinski definition) is 4. The lowest BCUT2D eigenvalue weighted by atomic mass is 10.1. The number of amides is 1. The number of nitrogens with zero attached hydrogens (tertiary/aromatic N) is 2. The van der Waals surface area contributed by atoms with Crippen LogP contribution in [0.25, 0.3) is 11.3 Å². The van der Waals surface area contributed by atoms with Gasteiger partial charge in [0, 0.05) is 24.5 Å². The van der Waals surface area contributed by atoms with E-state index in [9.17, 15) is 4.79 Å². The quantitative estimate of drug-likeness (QED) is 0.684. The van der Waals surface area contributed by atoms with Gasteiger partial charge in [-0.15, -0.1) is 11.3 Å². The molecule has 1 unspecified atom stereocenters. The van der Waals surface area contributed by atoms with Crippen molar-refractivity contribution in [1.29, 1.82) is 0 Å². The van der Waals surface area contributed by atoms with Crippen molar-refractivity contribution in [1.82, 2.24) is 15.1 Å². The molecule has 0 saturated heterocycles. The van der Waals surface area contributed by atoms with Gasteiger partial charge in [0.15, 0.2) is 0 Å². The molecule has 0 radical (unpaired) electrons. The summed E-state index contributed by atoms with van der Waals surface area (Å²) in [6.45, 7) is 0.348. The number of nitrogens with two attached hydrogens (primary N) is 1. The molecule has 1 aromatic carbocycles. The van der Waals surface area contributed by atoms with Gasteiger partial charge >= 0.3 is 0 Å². The molecule has 24 heavy (non-hydrogen) atoms. The number of carbonyl (C=O) groups excluding carboxylic acids is 1. The topological polar surface area (TPSA) is 72.9 Å². The molecule has 5 nitrogen and oxygen atoms in total. The second-order valence-electron chi connectivity index (χ2n) is 5.34. The average molecular weight is 405 g/mol. The molecular formula is C17H17BrN4OS. The molecule has 1 amide bonds. The van der Waals surface area contributed by atoms with E-state index in [4.69, 9.17) is 5.73 Å². The fourth-order valence-electron chi connectivity index (χ4n) is 2.51. The highest BCUT2D eigenvalue weighted by molar-refractivity contribution is 9.10. The maximum Gasteiger partial charge on any atom is 0.261 e. The van der Waals surface area contributed by atoms with Crippen LogP contribution in [0.4, 0.5) is 0 Å². The summed E-state index contributed by atoms with van der Waals surface area (Å²) in [4.78, 5) is 13.2. The third kappa shape index (κ3) is 3.43. The van der Waals surface area contributed by atoms with Crippen molar-refractivity contribution in [3.63, 3.8) is 0 Å². The predicted molar refractivity (Wildman–Crippen MR) is 99.9 cm³/mol. The van der Waals surface area contributed by atoms with E-state index in [1.807, 2.05) is 48.8 Å². The van der Waals surface area contributed by atoms with Crippen LogP contribution in [0.15, 0.2) is 52.4 Å². The van der Waals surface area contributed by atoms with Crippen LogP contribution >= 0.6 is 27.3 Å². The summed E-state index contributed by atoms with van der Waals surface area (Å²) in [6.07, 6.45) is 1.74. The van der Waals surface area contributed by atoms with Gasteiger partial charge < -0.3 is 11.1 Å². The Morgan fingerprint density at radius 1 is 1.42 bits per heavy atom. The van der Waals surface area contributed by atoms with Crippen LogP contribution in [0.3, 0.4) is 0 Å². The third-order valence-electron chi connectivity index (χ3n) is 3.73. The number of benzene rings is 1. The minimum absolute atomic E-state index is 0.121. The maximum absolute atomic E-state index is 12.5. The zero-order valence-corrected chi connectivity index (χ0v) is 15.5. The summed E-state index contributed by atoms with van der Waals surface area (Å²) < 4.78 is 2.68. The second kappa shape index (κ2) is 7.29. The van der Waals surface area contributed by atoms with E-state index >= 15 is 0 Å².